The third-order valence-electron chi connectivity index (χ3n) is 3.77. The Morgan fingerprint density at radius 3 is 2.57 bits per heavy atom. The average Bonchev–Trinajstić information content (AvgIpc) is 2.52. The van der Waals surface area contributed by atoms with Crippen LogP contribution in [0.25, 0.3) is 0 Å². The van der Waals surface area contributed by atoms with Gasteiger partial charge in [0, 0.05) is 11.1 Å². The Labute approximate surface area is 131 Å². The normalized spacial score (nSPS) is 15.2. The van der Waals surface area contributed by atoms with Crippen LogP contribution in [0.4, 0.5) is 0 Å². The molecule has 0 aromatic heterocycles. The Balaban J connectivity index is 1.91. The number of amides is 1. The maximum Gasteiger partial charge on any atom is 0.261 e. The van der Waals surface area contributed by atoms with E-state index in [1.807, 2.05) is 0 Å². The first-order valence-corrected chi connectivity index (χ1v) is 7.70. The smallest absolute Gasteiger partial charge is 0.261 e. The Morgan fingerprint density at radius 1 is 1.29 bits per heavy atom. The molecule has 0 atom stereocenters. The fraction of sp³-hybridized carbons (Fsp3) is 0.471. The summed E-state index contributed by atoms with van der Waals surface area (Å²) in [6, 6.07) is 7.24. The number of carbonyl (C=O) groups is 1. The molecule has 1 saturated carbocycles. The summed E-state index contributed by atoms with van der Waals surface area (Å²) < 4.78 is 5.52. The molecule has 21 heavy (non-hydrogen) atoms. The molecule has 1 aromatic rings. The minimum atomic E-state index is -0.0465. The quantitative estimate of drug-likeness (QED) is 0.779. The van der Waals surface area contributed by atoms with Gasteiger partial charge in [0.05, 0.1) is 6.54 Å². The van der Waals surface area contributed by atoms with Crippen molar-refractivity contribution in [2.45, 2.75) is 38.1 Å². The standard InChI is InChI=1S/C17H20ClNO2/c1-2-12-19(15-6-4-3-5-7-15)17(20)13-21-16-10-8-14(18)9-11-16/h1,8-11,15H,3-7,12-13H2. The molecule has 0 bridgehead atoms. The number of carbonyl (C=O) groups excluding carboxylic acids is 1. The second-order valence-corrected chi connectivity index (χ2v) is 5.70. The second kappa shape index (κ2) is 7.95. The fourth-order valence-electron chi connectivity index (χ4n) is 2.67. The Kier molecular flexibility index (Phi) is 5.95. The van der Waals surface area contributed by atoms with Crippen LogP contribution in [0.1, 0.15) is 32.1 Å². The van der Waals surface area contributed by atoms with E-state index < -0.39 is 0 Å². The first kappa shape index (κ1) is 15.7. The fourth-order valence-corrected chi connectivity index (χ4v) is 2.80. The molecule has 3 nitrogen and oxygen atoms in total. The molecule has 0 radical (unpaired) electrons. The van der Waals surface area contributed by atoms with Gasteiger partial charge in [-0.25, -0.2) is 0 Å². The topological polar surface area (TPSA) is 29.5 Å². The van der Waals surface area contributed by atoms with Crippen molar-refractivity contribution in [2.75, 3.05) is 13.2 Å². The van der Waals surface area contributed by atoms with Gasteiger partial charge in [-0.2, -0.15) is 0 Å². The number of nitrogens with zero attached hydrogens (tertiary/aromatic N) is 1. The lowest BCUT2D eigenvalue weighted by molar-refractivity contribution is -0.135. The van der Waals surface area contributed by atoms with Crippen LogP contribution in [-0.2, 0) is 4.79 Å². The minimum absolute atomic E-state index is 0.0137. The van der Waals surface area contributed by atoms with Crippen molar-refractivity contribution in [3.8, 4) is 18.1 Å². The summed E-state index contributed by atoms with van der Waals surface area (Å²) in [7, 11) is 0. The van der Waals surface area contributed by atoms with Crippen LogP contribution in [-0.4, -0.2) is 30.0 Å². The van der Waals surface area contributed by atoms with Gasteiger partial charge in [0.1, 0.15) is 5.75 Å². The van der Waals surface area contributed by atoms with Crippen molar-refractivity contribution < 1.29 is 9.53 Å². The number of rotatable bonds is 5. The van der Waals surface area contributed by atoms with Gasteiger partial charge < -0.3 is 9.64 Å². The molecule has 1 aliphatic rings. The van der Waals surface area contributed by atoms with E-state index in [4.69, 9.17) is 22.8 Å². The van der Waals surface area contributed by atoms with Crippen LogP contribution in [0.5, 0.6) is 5.75 Å². The molecular formula is C17H20ClNO2. The summed E-state index contributed by atoms with van der Waals surface area (Å²) in [6.45, 7) is 0.368. The highest BCUT2D eigenvalue weighted by Crippen LogP contribution is 2.23. The monoisotopic (exact) mass is 305 g/mol. The summed E-state index contributed by atoms with van der Waals surface area (Å²) in [6.07, 6.45) is 11.0. The Bertz CT molecular complexity index is 501. The van der Waals surface area contributed by atoms with Gasteiger partial charge >= 0.3 is 0 Å². The Hall–Kier alpha value is -1.66. The Morgan fingerprint density at radius 2 is 1.95 bits per heavy atom. The maximum absolute atomic E-state index is 12.4. The van der Waals surface area contributed by atoms with E-state index in [9.17, 15) is 4.79 Å². The first-order chi connectivity index (χ1) is 10.2. The van der Waals surface area contributed by atoms with Gasteiger partial charge in [-0.3, -0.25) is 4.79 Å². The molecule has 0 saturated heterocycles. The molecule has 4 heteroatoms. The highest BCUT2D eigenvalue weighted by Gasteiger charge is 2.24. The minimum Gasteiger partial charge on any atom is -0.484 e. The molecule has 0 N–H and O–H groups in total. The van der Waals surface area contributed by atoms with Crippen molar-refractivity contribution in [3.05, 3.63) is 29.3 Å². The lowest BCUT2D eigenvalue weighted by Gasteiger charge is -2.33. The first-order valence-electron chi connectivity index (χ1n) is 7.32. The predicted molar refractivity (Wildman–Crippen MR) is 84.4 cm³/mol. The number of hydrogen-bond donors (Lipinski definition) is 0. The lowest BCUT2D eigenvalue weighted by atomic mass is 9.94. The summed E-state index contributed by atoms with van der Waals surface area (Å²) in [5, 5.41) is 0.643. The second-order valence-electron chi connectivity index (χ2n) is 5.26. The van der Waals surface area contributed by atoms with Crippen LogP contribution < -0.4 is 4.74 Å². The molecule has 0 spiro atoms. The van der Waals surface area contributed by atoms with Crippen molar-refractivity contribution in [3.63, 3.8) is 0 Å². The zero-order valence-corrected chi connectivity index (χ0v) is 12.8. The molecule has 112 valence electrons. The zero-order valence-electron chi connectivity index (χ0n) is 12.1. The number of terminal acetylenes is 1. The van der Waals surface area contributed by atoms with Crippen molar-refractivity contribution in [1.29, 1.82) is 0 Å². The summed E-state index contributed by atoms with van der Waals surface area (Å²) in [5.41, 5.74) is 0. The number of ether oxygens (including phenoxy) is 1. The summed E-state index contributed by atoms with van der Waals surface area (Å²) >= 11 is 5.81. The molecule has 1 amide bonds. The van der Waals surface area contributed by atoms with Crippen LogP contribution in [0.3, 0.4) is 0 Å². The van der Waals surface area contributed by atoms with E-state index in [0.717, 1.165) is 25.7 Å². The summed E-state index contributed by atoms with van der Waals surface area (Å²) in [4.78, 5) is 14.1. The van der Waals surface area contributed by atoms with Crippen molar-refractivity contribution >= 4 is 17.5 Å². The number of halogens is 1. The van der Waals surface area contributed by atoms with Crippen LogP contribution in [0.15, 0.2) is 24.3 Å². The van der Waals surface area contributed by atoms with Crippen LogP contribution >= 0.6 is 11.6 Å². The molecule has 1 fully saturated rings. The third kappa shape index (κ3) is 4.68. The number of benzene rings is 1. The largest absolute Gasteiger partial charge is 0.484 e. The highest BCUT2D eigenvalue weighted by atomic mass is 35.5. The van der Waals surface area contributed by atoms with Gasteiger partial charge in [-0.15, -0.1) is 6.42 Å². The van der Waals surface area contributed by atoms with Crippen molar-refractivity contribution in [1.82, 2.24) is 4.90 Å². The van der Waals surface area contributed by atoms with Gasteiger partial charge in [-0.05, 0) is 37.1 Å². The van der Waals surface area contributed by atoms with E-state index in [1.54, 1.807) is 29.2 Å². The van der Waals surface area contributed by atoms with E-state index >= 15 is 0 Å². The third-order valence-corrected chi connectivity index (χ3v) is 4.03. The maximum atomic E-state index is 12.4. The van der Waals surface area contributed by atoms with E-state index in [2.05, 4.69) is 5.92 Å². The van der Waals surface area contributed by atoms with Crippen molar-refractivity contribution in [2.24, 2.45) is 0 Å². The molecule has 2 rings (SSSR count). The molecule has 0 heterocycles. The zero-order chi connectivity index (χ0) is 15.1. The van der Waals surface area contributed by atoms with Gasteiger partial charge in [-0.1, -0.05) is 36.8 Å². The SMILES string of the molecule is C#CCN(C(=O)COc1ccc(Cl)cc1)C1CCCCC1. The average molecular weight is 306 g/mol. The van der Waals surface area contributed by atoms with E-state index in [-0.39, 0.29) is 18.6 Å². The van der Waals surface area contributed by atoms with E-state index in [1.165, 1.54) is 6.42 Å². The highest BCUT2D eigenvalue weighted by molar-refractivity contribution is 6.30. The lowest BCUT2D eigenvalue weighted by Crippen LogP contribution is -2.44. The van der Waals surface area contributed by atoms with Gasteiger partial charge in [0.2, 0.25) is 0 Å². The summed E-state index contributed by atoms with van der Waals surface area (Å²) in [5.74, 6) is 3.17. The number of hydrogen-bond acceptors (Lipinski definition) is 2. The molecule has 0 aliphatic heterocycles. The molecule has 0 unspecified atom stereocenters. The van der Waals surface area contributed by atoms with E-state index in [0.29, 0.717) is 17.3 Å². The van der Waals surface area contributed by atoms with Crippen LogP contribution in [0, 0.1) is 12.3 Å². The van der Waals surface area contributed by atoms with Crippen LogP contribution in [0.2, 0.25) is 5.02 Å². The molecule has 1 aliphatic carbocycles. The molecule has 1 aromatic carbocycles. The predicted octanol–water partition coefficient (Wildman–Crippen LogP) is 3.51. The van der Waals surface area contributed by atoms with Gasteiger partial charge in [0.25, 0.3) is 5.91 Å². The molecular weight excluding hydrogens is 286 g/mol. The van der Waals surface area contributed by atoms with Gasteiger partial charge in [0.15, 0.2) is 6.61 Å².